The van der Waals surface area contributed by atoms with Crippen LogP contribution in [0.15, 0.2) is 32.0 Å². The number of rotatable bonds is 4. The van der Waals surface area contributed by atoms with Gasteiger partial charge in [0.15, 0.2) is 0 Å². The number of benzene rings is 1. The molecule has 0 atom stereocenters. The van der Waals surface area contributed by atoms with Gasteiger partial charge < -0.3 is 5.32 Å². The van der Waals surface area contributed by atoms with Gasteiger partial charge in [0.2, 0.25) is 15.9 Å². The lowest BCUT2D eigenvalue weighted by Gasteiger charge is -2.17. The molecule has 0 saturated heterocycles. The molecule has 0 radical (unpaired) electrons. The molecule has 5 nitrogen and oxygen atoms in total. The van der Waals surface area contributed by atoms with Crippen molar-refractivity contribution in [3.8, 4) is 0 Å². The first-order valence-corrected chi connectivity index (χ1v) is 7.93. The minimum Gasteiger partial charge on any atom is -0.358 e. The Labute approximate surface area is 123 Å². The van der Waals surface area contributed by atoms with Gasteiger partial charge in [-0.15, -0.1) is 0 Å². The Morgan fingerprint density at radius 1 is 1.39 bits per heavy atom. The summed E-state index contributed by atoms with van der Waals surface area (Å²) in [5.74, 6) is -0.368. The minimum atomic E-state index is -3.70. The first-order valence-electron chi connectivity index (χ1n) is 4.91. The number of carbonyl (C=O) groups is 1. The molecule has 0 aromatic heterocycles. The van der Waals surface area contributed by atoms with E-state index in [2.05, 4.69) is 37.2 Å². The van der Waals surface area contributed by atoms with Gasteiger partial charge in [0, 0.05) is 23.0 Å². The Bertz CT molecular complexity index is 560. The van der Waals surface area contributed by atoms with E-state index in [1.165, 1.54) is 20.2 Å². The second-order valence-electron chi connectivity index (χ2n) is 3.51. The maximum atomic E-state index is 12.3. The summed E-state index contributed by atoms with van der Waals surface area (Å²) < 4.78 is 26.6. The third kappa shape index (κ3) is 3.53. The molecule has 0 fully saturated rings. The van der Waals surface area contributed by atoms with E-state index in [0.29, 0.717) is 8.95 Å². The van der Waals surface area contributed by atoms with Crippen LogP contribution in [0.1, 0.15) is 0 Å². The van der Waals surface area contributed by atoms with Crippen LogP contribution in [0.25, 0.3) is 0 Å². The fourth-order valence-corrected chi connectivity index (χ4v) is 3.80. The van der Waals surface area contributed by atoms with Gasteiger partial charge in [-0.25, -0.2) is 8.42 Å². The molecule has 0 aliphatic rings. The Morgan fingerprint density at radius 3 is 2.56 bits per heavy atom. The SMILES string of the molecule is CNC(=O)CN(C)S(=O)(=O)c1cc(Br)ccc1Br. The highest BCUT2D eigenvalue weighted by Crippen LogP contribution is 2.27. The maximum Gasteiger partial charge on any atom is 0.244 e. The molecule has 1 amide bonds. The van der Waals surface area contributed by atoms with Crippen LogP contribution in [-0.4, -0.2) is 39.3 Å². The van der Waals surface area contributed by atoms with E-state index in [1.54, 1.807) is 12.1 Å². The van der Waals surface area contributed by atoms with Gasteiger partial charge >= 0.3 is 0 Å². The van der Waals surface area contributed by atoms with Gasteiger partial charge in [-0.05, 0) is 34.1 Å². The van der Waals surface area contributed by atoms with E-state index in [-0.39, 0.29) is 17.3 Å². The summed E-state index contributed by atoms with van der Waals surface area (Å²) in [6.07, 6.45) is 0. The second-order valence-corrected chi connectivity index (χ2v) is 7.29. The number of sulfonamides is 1. The standard InChI is InChI=1S/C10H12Br2N2O3S/c1-13-10(15)6-14(2)18(16,17)9-5-7(11)3-4-8(9)12/h3-5H,6H2,1-2H3,(H,13,15). The van der Waals surface area contributed by atoms with Crippen LogP contribution in [0.4, 0.5) is 0 Å². The molecule has 0 aliphatic heterocycles. The zero-order chi connectivity index (χ0) is 13.9. The van der Waals surface area contributed by atoms with Crippen LogP contribution in [0.5, 0.6) is 0 Å². The molecule has 0 saturated carbocycles. The minimum absolute atomic E-state index is 0.114. The Hall–Kier alpha value is -0.440. The van der Waals surface area contributed by atoms with Gasteiger partial charge in [-0.2, -0.15) is 4.31 Å². The number of nitrogens with one attached hydrogen (secondary N) is 1. The number of nitrogens with zero attached hydrogens (tertiary/aromatic N) is 1. The number of amides is 1. The fourth-order valence-electron chi connectivity index (χ4n) is 1.21. The molecule has 8 heteroatoms. The normalized spacial score (nSPS) is 11.6. The van der Waals surface area contributed by atoms with E-state index >= 15 is 0 Å². The van der Waals surface area contributed by atoms with Crippen LogP contribution in [0, 0.1) is 0 Å². The van der Waals surface area contributed by atoms with Crippen LogP contribution in [0.2, 0.25) is 0 Å². The number of likely N-dealkylation sites (N-methyl/N-ethyl adjacent to an activating group) is 2. The van der Waals surface area contributed by atoms with Crippen molar-refractivity contribution < 1.29 is 13.2 Å². The molecule has 1 aromatic rings. The molecular formula is C10H12Br2N2O3S. The zero-order valence-electron chi connectivity index (χ0n) is 9.78. The van der Waals surface area contributed by atoms with Gasteiger partial charge in [-0.3, -0.25) is 4.79 Å². The molecule has 1 N–H and O–H groups in total. The molecule has 0 aliphatic carbocycles. The van der Waals surface area contributed by atoms with Gasteiger partial charge in [0.1, 0.15) is 0 Å². The summed E-state index contributed by atoms with van der Waals surface area (Å²) in [6, 6.07) is 4.84. The lowest BCUT2D eigenvalue weighted by molar-refractivity contribution is -0.120. The van der Waals surface area contributed by atoms with Crippen molar-refractivity contribution in [1.82, 2.24) is 9.62 Å². The molecule has 1 rings (SSSR count). The van der Waals surface area contributed by atoms with Gasteiger partial charge in [0.05, 0.1) is 11.4 Å². The lowest BCUT2D eigenvalue weighted by atomic mass is 10.4. The third-order valence-electron chi connectivity index (χ3n) is 2.23. The zero-order valence-corrected chi connectivity index (χ0v) is 13.8. The van der Waals surface area contributed by atoms with Crippen LogP contribution in [-0.2, 0) is 14.8 Å². The van der Waals surface area contributed by atoms with Crippen molar-refractivity contribution in [2.75, 3.05) is 20.6 Å². The predicted molar refractivity (Wildman–Crippen MR) is 75.7 cm³/mol. The van der Waals surface area contributed by atoms with Gasteiger partial charge in [0.25, 0.3) is 0 Å². The van der Waals surface area contributed by atoms with Crippen LogP contribution < -0.4 is 5.32 Å². The van der Waals surface area contributed by atoms with E-state index in [4.69, 9.17) is 0 Å². The summed E-state index contributed by atoms with van der Waals surface area (Å²) in [5.41, 5.74) is 0. The maximum absolute atomic E-state index is 12.3. The topological polar surface area (TPSA) is 66.5 Å². The summed E-state index contributed by atoms with van der Waals surface area (Å²) in [5, 5.41) is 2.38. The van der Waals surface area contributed by atoms with E-state index in [0.717, 1.165) is 4.31 Å². The highest BCUT2D eigenvalue weighted by molar-refractivity contribution is 9.11. The Morgan fingerprint density at radius 2 is 2.00 bits per heavy atom. The van der Waals surface area contributed by atoms with Crippen LogP contribution in [0.3, 0.4) is 0 Å². The van der Waals surface area contributed by atoms with Gasteiger partial charge in [-0.1, -0.05) is 15.9 Å². The molecule has 0 bridgehead atoms. The molecule has 0 unspecified atom stereocenters. The number of hydrogen-bond donors (Lipinski definition) is 1. The fraction of sp³-hybridized carbons (Fsp3) is 0.300. The lowest BCUT2D eigenvalue weighted by Crippen LogP contribution is -2.37. The van der Waals surface area contributed by atoms with E-state index in [9.17, 15) is 13.2 Å². The monoisotopic (exact) mass is 398 g/mol. The highest BCUT2D eigenvalue weighted by Gasteiger charge is 2.25. The Kier molecular flexibility index (Phi) is 5.32. The van der Waals surface area contributed by atoms with Crippen molar-refractivity contribution in [1.29, 1.82) is 0 Å². The quantitative estimate of drug-likeness (QED) is 0.835. The van der Waals surface area contributed by atoms with Crippen molar-refractivity contribution in [3.05, 3.63) is 27.1 Å². The first kappa shape index (κ1) is 15.6. The highest BCUT2D eigenvalue weighted by atomic mass is 79.9. The molecule has 0 heterocycles. The van der Waals surface area contributed by atoms with Crippen molar-refractivity contribution in [2.45, 2.75) is 4.90 Å². The molecule has 18 heavy (non-hydrogen) atoms. The summed E-state index contributed by atoms with van der Waals surface area (Å²) in [6.45, 7) is -0.224. The van der Waals surface area contributed by atoms with Crippen LogP contribution >= 0.6 is 31.9 Å². The first-order chi connectivity index (χ1) is 8.28. The summed E-state index contributed by atoms with van der Waals surface area (Å²) in [4.78, 5) is 11.3. The molecule has 1 aromatic carbocycles. The van der Waals surface area contributed by atoms with Crippen molar-refractivity contribution in [3.63, 3.8) is 0 Å². The molecule has 0 spiro atoms. The van der Waals surface area contributed by atoms with Crippen molar-refractivity contribution >= 4 is 47.8 Å². The smallest absolute Gasteiger partial charge is 0.244 e. The van der Waals surface area contributed by atoms with E-state index < -0.39 is 10.0 Å². The summed E-state index contributed by atoms with van der Waals surface area (Å²) in [7, 11) is -0.886. The third-order valence-corrected chi connectivity index (χ3v) is 5.52. The average molecular weight is 400 g/mol. The van der Waals surface area contributed by atoms with E-state index in [1.807, 2.05) is 0 Å². The predicted octanol–water partition coefficient (Wildman–Crippen LogP) is 1.58. The summed E-state index contributed by atoms with van der Waals surface area (Å²) >= 11 is 6.41. The number of halogens is 2. The number of carbonyl (C=O) groups excluding carboxylic acids is 1. The average Bonchev–Trinajstić information content (AvgIpc) is 2.31. The molecular weight excluding hydrogens is 388 g/mol. The largest absolute Gasteiger partial charge is 0.358 e. The second kappa shape index (κ2) is 6.14. The van der Waals surface area contributed by atoms with Crippen molar-refractivity contribution in [2.24, 2.45) is 0 Å². The number of hydrogen-bond acceptors (Lipinski definition) is 3. The Balaban J connectivity index is 3.13. The molecule has 100 valence electrons.